The van der Waals surface area contributed by atoms with Crippen molar-refractivity contribution in [2.75, 3.05) is 0 Å². The summed E-state index contributed by atoms with van der Waals surface area (Å²) >= 11 is 0. The van der Waals surface area contributed by atoms with Crippen LogP contribution in [0.15, 0.2) is 11.6 Å². The molecule has 0 spiro atoms. The second-order valence-electron chi connectivity index (χ2n) is 15.4. The fourth-order valence-electron chi connectivity index (χ4n) is 10.7. The molecular formula is C30H50O2. The van der Waals surface area contributed by atoms with Crippen molar-refractivity contribution in [1.82, 2.24) is 0 Å². The molecule has 32 heavy (non-hydrogen) atoms. The Morgan fingerprint density at radius 1 is 0.781 bits per heavy atom. The van der Waals surface area contributed by atoms with Crippen LogP contribution < -0.4 is 0 Å². The average Bonchev–Trinajstić information content (AvgIpc) is 2.68. The summed E-state index contributed by atoms with van der Waals surface area (Å²) in [5, 5.41) is 21.9. The Labute approximate surface area is 197 Å². The van der Waals surface area contributed by atoms with Gasteiger partial charge in [-0.25, -0.2) is 0 Å². The smallest absolute Gasteiger partial charge is 0.0852 e. The Kier molecular flexibility index (Phi) is 4.87. The molecule has 2 N–H and O–H groups in total. The fraction of sp³-hybridized carbons (Fsp3) is 0.933. The number of hydrogen-bond donors (Lipinski definition) is 2. The molecule has 5 aliphatic carbocycles. The van der Waals surface area contributed by atoms with Crippen molar-refractivity contribution >= 4 is 0 Å². The number of rotatable bonds is 0. The molecule has 0 amide bonds. The first-order valence-electron chi connectivity index (χ1n) is 13.7. The predicted octanol–water partition coefficient (Wildman–Crippen LogP) is 7.14. The van der Waals surface area contributed by atoms with E-state index in [1.165, 1.54) is 51.4 Å². The lowest BCUT2D eigenvalue weighted by atomic mass is 9.33. The molecule has 0 aromatic carbocycles. The van der Waals surface area contributed by atoms with Crippen LogP contribution in [0.1, 0.15) is 113 Å². The maximum absolute atomic E-state index is 11.0. The standard InChI is InChI=1S/C30H50O2/c1-25(2)13-14-27(5)15-16-29(7)19(20(27)17-25)9-10-23-28(6)18-21(31)24(32)26(3,4)22(28)11-12-30(23,29)8/h9,20-24,31-32H,10-18H2,1-8H3/t20-,21-,22?,23-,24+,27-,28+,29-,30-/m1/s1. The highest BCUT2D eigenvalue weighted by Gasteiger charge is 2.68. The van der Waals surface area contributed by atoms with Crippen LogP contribution in [0.3, 0.4) is 0 Å². The lowest BCUT2D eigenvalue weighted by Gasteiger charge is -2.71. The minimum atomic E-state index is -0.602. The molecule has 182 valence electrons. The van der Waals surface area contributed by atoms with E-state index in [0.717, 1.165) is 12.3 Å². The van der Waals surface area contributed by atoms with E-state index in [4.69, 9.17) is 0 Å². The molecule has 2 heteroatoms. The largest absolute Gasteiger partial charge is 0.390 e. The van der Waals surface area contributed by atoms with Gasteiger partial charge in [-0.3, -0.25) is 0 Å². The van der Waals surface area contributed by atoms with Crippen molar-refractivity contribution in [1.29, 1.82) is 0 Å². The molecule has 1 unspecified atom stereocenters. The van der Waals surface area contributed by atoms with Crippen molar-refractivity contribution in [3.05, 3.63) is 11.6 Å². The molecule has 9 atom stereocenters. The van der Waals surface area contributed by atoms with Crippen molar-refractivity contribution in [2.24, 2.45) is 50.2 Å². The van der Waals surface area contributed by atoms with Gasteiger partial charge in [-0.15, -0.1) is 0 Å². The van der Waals surface area contributed by atoms with Gasteiger partial charge in [-0.1, -0.05) is 67.0 Å². The second kappa shape index (κ2) is 6.66. The topological polar surface area (TPSA) is 40.5 Å². The first-order valence-corrected chi connectivity index (χ1v) is 13.7. The molecule has 0 saturated heterocycles. The molecule has 0 radical (unpaired) electrons. The van der Waals surface area contributed by atoms with Crippen LogP contribution in [-0.2, 0) is 0 Å². The fourth-order valence-corrected chi connectivity index (χ4v) is 10.7. The zero-order chi connectivity index (χ0) is 23.5. The summed E-state index contributed by atoms with van der Waals surface area (Å²) in [4.78, 5) is 0. The molecule has 5 rings (SSSR count). The third kappa shape index (κ3) is 2.78. The van der Waals surface area contributed by atoms with Crippen molar-refractivity contribution < 1.29 is 10.2 Å². The molecule has 0 bridgehead atoms. The van der Waals surface area contributed by atoms with Gasteiger partial charge in [-0.05, 0) is 108 Å². The van der Waals surface area contributed by atoms with E-state index in [1.54, 1.807) is 0 Å². The minimum absolute atomic E-state index is 0.0901. The SMILES string of the molecule is CC1(C)CC[C@]2(C)CC[C@]3(C)C(=CC[C@@H]4[C@@]5(C)C[C@@H](O)[C@H](O)C(C)(C)C5CC[C@]43C)[C@H]2C1. The van der Waals surface area contributed by atoms with E-state index >= 15 is 0 Å². The molecule has 5 aliphatic rings. The Balaban J connectivity index is 1.58. The quantitative estimate of drug-likeness (QED) is 0.391. The van der Waals surface area contributed by atoms with E-state index in [0.29, 0.717) is 22.7 Å². The van der Waals surface area contributed by atoms with Crippen LogP contribution in [0.25, 0.3) is 0 Å². The summed E-state index contributed by atoms with van der Waals surface area (Å²) in [7, 11) is 0. The number of fused-ring (bicyclic) bond motifs is 7. The lowest BCUT2D eigenvalue weighted by molar-refractivity contribution is -0.231. The molecule has 4 saturated carbocycles. The monoisotopic (exact) mass is 442 g/mol. The number of hydrogen-bond acceptors (Lipinski definition) is 2. The van der Waals surface area contributed by atoms with Crippen LogP contribution in [0.2, 0.25) is 0 Å². The zero-order valence-corrected chi connectivity index (χ0v) is 22.2. The Morgan fingerprint density at radius 3 is 2.12 bits per heavy atom. The summed E-state index contributed by atoms with van der Waals surface area (Å²) in [6, 6.07) is 0. The van der Waals surface area contributed by atoms with E-state index in [2.05, 4.69) is 61.5 Å². The van der Waals surface area contributed by atoms with Gasteiger partial charge in [0.25, 0.3) is 0 Å². The van der Waals surface area contributed by atoms with E-state index < -0.39 is 12.2 Å². The van der Waals surface area contributed by atoms with Gasteiger partial charge in [-0.2, -0.15) is 0 Å². The first kappa shape index (κ1) is 23.4. The van der Waals surface area contributed by atoms with Gasteiger partial charge in [0.05, 0.1) is 12.2 Å². The summed E-state index contributed by atoms with van der Waals surface area (Å²) in [5.41, 5.74) is 3.17. The van der Waals surface area contributed by atoms with Gasteiger partial charge in [0, 0.05) is 0 Å². The van der Waals surface area contributed by atoms with Crippen LogP contribution in [0.4, 0.5) is 0 Å². The highest BCUT2D eigenvalue weighted by molar-refractivity contribution is 5.33. The summed E-state index contributed by atoms with van der Waals surface area (Å²) < 4.78 is 0. The summed E-state index contributed by atoms with van der Waals surface area (Å²) in [6.07, 6.45) is 12.7. The molecule has 0 aliphatic heterocycles. The zero-order valence-electron chi connectivity index (χ0n) is 22.2. The highest BCUT2D eigenvalue weighted by Crippen LogP contribution is 2.75. The highest BCUT2D eigenvalue weighted by atomic mass is 16.3. The Hall–Kier alpha value is -0.340. The third-order valence-electron chi connectivity index (χ3n) is 13.0. The molecule has 0 aromatic rings. The predicted molar refractivity (Wildman–Crippen MR) is 132 cm³/mol. The van der Waals surface area contributed by atoms with Crippen LogP contribution in [0.5, 0.6) is 0 Å². The second-order valence-corrected chi connectivity index (χ2v) is 15.4. The van der Waals surface area contributed by atoms with Crippen LogP contribution >= 0.6 is 0 Å². The minimum Gasteiger partial charge on any atom is -0.390 e. The lowest BCUT2D eigenvalue weighted by Crippen LogP contribution is -2.66. The third-order valence-corrected chi connectivity index (χ3v) is 13.0. The average molecular weight is 443 g/mol. The Morgan fingerprint density at radius 2 is 1.44 bits per heavy atom. The van der Waals surface area contributed by atoms with Gasteiger partial charge < -0.3 is 10.2 Å². The molecule has 0 heterocycles. The van der Waals surface area contributed by atoms with E-state index in [9.17, 15) is 10.2 Å². The maximum atomic E-state index is 11.0. The van der Waals surface area contributed by atoms with E-state index in [-0.39, 0.29) is 21.7 Å². The van der Waals surface area contributed by atoms with Gasteiger partial charge in [0.2, 0.25) is 0 Å². The van der Waals surface area contributed by atoms with Gasteiger partial charge in [0.1, 0.15) is 0 Å². The molecule has 2 nitrogen and oxygen atoms in total. The van der Waals surface area contributed by atoms with Crippen molar-refractivity contribution in [3.63, 3.8) is 0 Å². The summed E-state index contributed by atoms with van der Waals surface area (Å²) in [5.74, 6) is 1.81. The summed E-state index contributed by atoms with van der Waals surface area (Å²) in [6.45, 7) is 19.8. The number of aliphatic hydroxyl groups is 2. The molecule has 4 fully saturated rings. The number of aliphatic hydroxyl groups excluding tert-OH is 2. The van der Waals surface area contributed by atoms with Crippen molar-refractivity contribution in [2.45, 2.75) is 125 Å². The Bertz CT molecular complexity index is 825. The normalized spacial score (nSPS) is 56.2. The van der Waals surface area contributed by atoms with Crippen molar-refractivity contribution in [3.8, 4) is 0 Å². The van der Waals surface area contributed by atoms with Gasteiger partial charge in [0.15, 0.2) is 0 Å². The van der Waals surface area contributed by atoms with Crippen LogP contribution in [-0.4, -0.2) is 22.4 Å². The molecule has 0 aromatic heterocycles. The molecular weight excluding hydrogens is 392 g/mol. The first-order chi connectivity index (χ1) is 14.6. The maximum Gasteiger partial charge on any atom is 0.0852 e. The van der Waals surface area contributed by atoms with Crippen LogP contribution in [0, 0.1) is 50.2 Å². The number of allylic oxidation sites excluding steroid dienone is 2. The van der Waals surface area contributed by atoms with Gasteiger partial charge >= 0.3 is 0 Å². The van der Waals surface area contributed by atoms with E-state index in [1.807, 2.05) is 5.57 Å².